The summed E-state index contributed by atoms with van der Waals surface area (Å²) < 4.78 is 5.71. The number of carboxylic acids is 1. The molecule has 0 radical (unpaired) electrons. The standard InChI is InChI=1S/C27H23N3O6/c1-17-2-10-21(11-3-17)28-24(31)15-30-25(32)23(29-27(30)35)14-18-6-12-22(13-7-18)36-16-19-4-8-20(9-5-19)26(33)34/h2-14H,15-16H2,1H3,(H,28,31)(H,29,35)(H,33,34)/b23-14+. The van der Waals surface area contributed by atoms with Gasteiger partial charge in [-0.2, -0.15) is 0 Å². The number of carbonyl (C=O) groups is 4. The maximum atomic E-state index is 12.7. The Labute approximate surface area is 207 Å². The number of hydrogen-bond donors (Lipinski definition) is 3. The second-order valence-corrected chi connectivity index (χ2v) is 8.15. The topological polar surface area (TPSA) is 125 Å². The Morgan fingerprint density at radius 1 is 0.972 bits per heavy atom. The van der Waals surface area contributed by atoms with Crippen molar-refractivity contribution in [3.8, 4) is 5.75 Å². The van der Waals surface area contributed by atoms with Crippen LogP contribution in [0.15, 0.2) is 78.5 Å². The second-order valence-electron chi connectivity index (χ2n) is 8.15. The Balaban J connectivity index is 1.33. The molecule has 9 heteroatoms. The lowest BCUT2D eigenvalue weighted by Gasteiger charge is -2.12. The molecule has 4 rings (SSSR count). The van der Waals surface area contributed by atoms with Crippen LogP contribution >= 0.6 is 0 Å². The average molecular weight is 485 g/mol. The van der Waals surface area contributed by atoms with Gasteiger partial charge in [0.25, 0.3) is 5.91 Å². The molecule has 1 saturated heterocycles. The molecular formula is C27H23N3O6. The number of ether oxygens (including phenoxy) is 1. The molecule has 1 fully saturated rings. The predicted octanol–water partition coefficient (Wildman–Crippen LogP) is 3.80. The largest absolute Gasteiger partial charge is 0.489 e. The Morgan fingerprint density at radius 3 is 2.28 bits per heavy atom. The van der Waals surface area contributed by atoms with E-state index in [1.165, 1.54) is 18.2 Å². The molecular weight excluding hydrogens is 462 g/mol. The lowest BCUT2D eigenvalue weighted by atomic mass is 10.1. The molecule has 0 atom stereocenters. The highest BCUT2D eigenvalue weighted by Gasteiger charge is 2.34. The van der Waals surface area contributed by atoms with Crippen LogP contribution in [0.4, 0.5) is 10.5 Å². The maximum Gasteiger partial charge on any atom is 0.335 e. The highest BCUT2D eigenvalue weighted by molar-refractivity contribution is 6.15. The summed E-state index contributed by atoms with van der Waals surface area (Å²) >= 11 is 0. The lowest BCUT2D eigenvalue weighted by molar-refractivity contribution is -0.127. The summed E-state index contributed by atoms with van der Waals surface area (Å²) in [6, 6.07) is 19.8. The van der Waals surface area contributed by atoms with Crippen LogP contribution < -0.4 is 15.4 Å². The molecule has 0 saturated carbocycles. The van der Waals surface area contributed by atoms with Crippen LogP contribution in [0.25, 0.3) is 6.08 Å². The van der Waals surface area contributed by atoms with E-state index in [0.717, 1.165) is 16.0 Å². The molecule has 0 aliphatic carbocycles. The van der Waals surface area contributed by atoms with Gasteiger partial charge in [0, 0.05) is 5.69 Å². The van der Waals surface area contributed by atoms with Gasteiger partial charge in [0.05, 0.1) is 5.56 Å². The van der Waals surface area contributed by atoms with Crippen LogP contribution in [-0.2, 0) is 16.2 Å². The molecule has 1 heterocycles. The summed E-state index contributed by atoms with van der Waals surface area (Å²) in [5.41, 5.74) is 3.36. The normalized spacial score (nSPS) is 14.0. The first-order valence-corrected chi connectivity index (χ1v) is 11.0. The molecule has 3 aromatic rings. The number of benzene rings is 3. The van der Waals surface area contributed by atoms with Crippen LogP contribution in [0.5, 0.6) is 5.75 Å². The van der Waals surface area contributed by atoms with Gasteiger partial charge in [-0.05, 0) is 60.5 Å². The van der Waals surface area contributed by atoms with E-state index in [9.17, 15) is 19.2 Å². The number of nitrogens with one attached hydrogen (secondary N) is 2. The average Bonchev–Trinajstić information content (AvgIpc) is 3.12. The maximum absolute atomic E-state index is 12.7. The Morgan fingerprint density at radius 2 is 1.64 bits per heavy atom. The molecule has 1 aliphatic rings. The van der Waals surface area contributed by atoms with E-state index >= 15 is 0 Å². The summed E-state index contributed by atoms with van der Waals surface area (Å²) in [4.78, 5) is 49.0. The fourth-order valence-electron chi connectivity index (χ4n) is 3.43. The zero-order valence-electron chi connectivity index (χ0n) is 19.4. The van der Waals surface area contributed by atoms with Crippen LogP contribution in [0.1, 0.15) is 27.0 Å². The number of aryl methyl sites for hydroxylation is 1. The van der Waals surface area contributed by atoms with Crippen molar-refractivity contribution in [1.82, 2.24) is 10.2 Å². The molecule has 3 N–H and O–H groups in total. The molecule has 36 heavy (non-hydrogen) atoms. The molecule has 0 spiro atoms. The van der Waals surface area contributed by atoms with E-state index in [-0.39, 0.29) is 17.9 Å². The van der Waals surface area contributed by atoms with Crippen molar-refractivity contribution in [3.63, 3.8) is 0 Å². The number of hydrogen-bond acceptors (Lipinski definition) is 5. The fourth-order valence-corrected chi connectivity index (χ4v) is 3.43. The highest BCUT2D eigenvalue weighted by atomic mass is 16.5. The summed E-state index contributed by atoms with van der Waals surface area (Å²) in [6.45, 7) is 1.78. The highest BCUT2D eigenvalue weighted by Crippen LogP contribution is 2.19. The van der Waals surface area contributed by atoms with Crippen molar-refractivity contribution in [1.29, 1.82) is 0 Å². The van der Waals surface area contributed by atoms with Gasteiger partial charge in [-0.25, -0.2) is 14.5 Å². The van der Waals surface area contributed by atoms with Gasteiger partial charge in [0.2, 0.25) is 5.91 Å². The minimum Gasteiger partial charge on any atom is -0.489 e. The van der Waals surface area contributed by atoms with Gasteiger partial charge in [-0.1, -0.05) is 42.0 Å². The van der Waals surface area contributed by atoms with Crippen LogP contribution in [0, 0.1) is 6.92 Å². The zero-order chi connectivity index (χ0) is 25.7. The number of carbonyl (C=O) groups excluding carboxylic acids is 3. The third-order valence-corrected chi connectivity index (χ3v) is 5.40. The lowest BCUT2D eigenvalue weighted by Crippen LogP contribution is -2.38. The zero-order valence-corrected chi connectivity index (χ0v) is 19.4. The number of aromatic carboxylic acids is 1. The van der Waals surface area contributed by atoms with Crippen molar-refractivity contribution in [2.75, 3.05) is 11.9 Å². The summed E-state index contributed by atoms with van der Waals surface area (Å²) in [7, 11) is 0. The monoisotopic (exact) mass is 485 g/mol. The molecule has 1 aliphatic heterocycles. The van der Waals surface area contributed by atoms with Crippen LogP contribution in [-0.4, -0.2) is 40.4 Å². The van der Waals surface area contributed by atoms with Gasteiger partial charge in [-0.15, -0.1) is 0 Å². The number of amides is 4. The smallest absolute Gasteiger partial charge is 0.335 e. The third kappa shape index (κ3) is 5.95. The van der Waals surface area contributed by atoms with Gasteiger partial charge >= 0.3 is 12.0 Å². The van der Waals surface area contributed by atoms with E-state index in [2.05, 4.69) is 10.6 Å². The van der Waals surface area contributed by atoms with Gasteiger partial charge in [0.1, 0.15) is 24.6 Å². The first-order valence-electron chi connectivity index (χ1n) is 11.0. The molecule has 182 valence electrons. The molecule has 9 nitrogen and oxygen atoms in total. The number of imide groups is 1. The van der Waals surface area contributed by atoms with Gasteiger partial charge in [0.15, 0.2) is 0 Å². The van der Waals surface area contributed by atoms with E-state index in [1.54, 1.807) is 48.5 Å². The molecule has 0 bridgehead atoms. The molecule has 0 unspecified atom stereocenters. The van der Waals surface area contributed by atoms with Crippen molar-refractivity contribution in [2.24, 2.45) is 0 Å². The summed E-state index contributed by atoms with van der Waals surface area (Å²) in [5, 5.41) is 14.1. The van der Waals surface area contributed by atoms with E-state index in [4.69, 9.17) is 9.84 Å². The number of anilines is 1. The number of nitrogens with zero attached hydrogens (tertiary/aromatic N) is 1. The summed E-state index contributed by atoms with van der Waals surface area (Å²) in [6.07, 6.45) is 1.52. The van der Waals surface area contributed by atoms with Crippen LogP contribution in [0.3, 0.4) is 0 Å². The third-order valence-electron chi connectivity index (χ3n) is 5.40. The number of urea groups is 1. The predicted molar refractivity (Wildman–Crippen MR) is 132 cm³/mol. The minimum absolute atomic E-state index is 0.0651. The first kappa shape index (κ1) is 24.2. The molecule has 3 aromatic carbocycles. The first-order chi connectivity index (χ1) is 17.3. The van der Waals surface area contributed by atoms with E-state index in [1.807, 2.05) is 19.1 Å². The molecule has 0 aromatic heterocycles. The Bertz CT molecular complexity index is 1330. The SMILES string of the molecule is Cc1ccc(NC(=O)CN2C(=O)N/C(=C/c3ccc(OCc4ccc(C(=O)O)cc4)cc3)C2=O)cc1. The quantitative estimate of drug-likeness (QED) is 0.329. The number of rotatable bonds is 8. The van der Waals surface area contributed by atoms with Crippen molar-refractivity contribution >= 4 is 35.6 Å². The number of carboxylic acid groups (broad SMARTS) is 1. The Kier molecular flexibility index (Phi) is 7.10. The molecule has 4 amide bonds. The van der Waals surface area contributed by atoms with Crippen LogP contribution in [0.2, 0.25) is 0 Å². The van der Waals surface area contributed by atoms with Crippen molar-refractivity contribution in [2.45, 2.75) is 13.5 Å². The van der Waals surface area contributed by atoms with E-state index in [0.29, 0.717) is 17.0 Å². The minimum atomic E-state index is -0.988. The van der Waals surface area contributed by atoms with Crippen molar-refractivity contribution < 1.29 is 29.0 Å². The second kappa shape index (κ2) is 10.6. The Hall–Kier alpha value is -4.92. The van der Waals surface area contributed by atoms with Gasteiger partial charge in [-0.3, -0.25) is 9.59 Å². The van der Waals surface area contributed by atoms with Crippen molar-refractivity contribution in [3.05, 3.63) is 101 Å². The van der Waals surface area contributed by atoms with Gasteiger partial charge < -0.3 is 20.5 Å². The van der Waals surface area contributed by atoms with E-state index < -0.39 is 30.4 Å². The fraction of sp³-hybridized carbons (Fsp3) is 0.111. The summed E-state index contributed by atoms with van der Waals surface area (Å²) in [5.74, 6) is -1.49.